The Morgan fingerprint density at radius 2 is 1.83 bits per heavy atom. The molecule has 29 heavy (non-hydrogen) atoms. The number of anilines is 1. The number of benzene rings is 2. The van der Waals surface area contributed by atoms with Crippen molar-refractivity contribution in [2.75, 3.05) is 5.23 Å². The molecular formula is C20H19N4O5-. The highest BCUT2D eigenvalue weighted by atomic mass is 16.8. The van der Waals surface area contributed by atoms with Crippen molar-refractivity contribution in [3.63, 3.8) is 0 Å². The summed E-state index contributed by atoms with van der Waals surface area (Å²) in [6.45, 7) is 3.66. The monoisotopic (exact) mass is 395 g/mol. The van der Waals surface area contributed by atoms with Crippen molar-refractivity contribution in [1.82, 2.24) is 9.99 Å². The number of nitrogens with zero attached hydrogens (tertiary/aromatic N) is 3. The SMILES string of the molecule is CCn1c(=O)c(C(C)=NNC(=O)c2ccc(N(O)O)cc2)c([O-])c2ccccc21. The fourth-order valence-electron chi connectivity index (χ4n) is 3.01. The third kappa shape index (κ3) is 3.82. The van der Waals surface area contributed by atoms with Crippen LogP contribution in [-0.4, -0.2) is 26.6 Å². The lowest BCUT2D eigenvalue weighted by Crippen LogP contribution is -2.29. The first-order chi connectivity index (χ1) is 13.8. The molecule has 0 aliphatic rings. The summed E-state index contributed by atoms with van der Waals surface area (Å²) in [5.74, 6) is -1.02. The van der Waals surface area contributed by atoms with Gasteiger partial charge in [0.15, 0.2) is 0 Å². The van der Waals surface area contributed by atoms with Crippen LogP contribution in [0.25, 0.3) is 10.9 Å². The van der Waals surface area contributed by atoms with Crippen molar-refractivity contribution in [2.45, 2.75) is 20.4 Å². The van der Waals surface area contributed by atoms with Gasteiger partial charge in [0.25, 0.3) is 11.5 Å². The number of carbonyl (C=O) groups excluding carboxylic acids is 1. The molecular weight excluding hydrogens is 376 g/mol. The van der Waals surface area contributed by atoms with Gasteiger partial charge in [0, 0.05) is 12.1 Å². The Labute approximate surface area is 165 Å². The molecule has 0 saturated heterocycles. The number of amides is 1. The zero-order valence-electron chi connectivity index (χ0n) is 15.8. The normalized spacial score (nSPS) is 11.5. The first-order valence-electron chi connectivity index (χ1n) is 8.80. The van der Waals surface area contributed by atoms with Crippen LogP contribution in [-0.2, 0) is 6.54 Å². The topological polar surface area (TPSA) is 130 Å². The van der Waals surface area contributed by atoms with Gasteiger partial charge in [0.05, 0.1) is 22.5 Å². The summed E-state index contributed by atoms with van der Waals surface area (Å²) in [7, 11) is 0. The number of nitrogens with one attached hydrogen (secondary N) is 1. The molecule has 0 unspecified atom stereocenters. The summed E-state index contributed by atoms with van der Waals surface area (Å²) in [5, 5.41) is 34.9. The Balaban J connectivity index is 1.94. The van der Waals surface area contributed by atoms with E-state index in [-0.39, 0.29) is 27.8 Å². The van der Waals surface area contributed by atoms with Crippen molar-refractivity contribution < 1.29 is 20.3 Å². The number of hydrogen-bond donors (Lipinski definition) is 3. The molecule has 3 rings (SSSR count). The molecule has 9 heteroatoms. The highest BCUT2D eigenvalue weighted by molar-refractivity contribution is 6.06. The van der Waals surface area contributed by atoms with E-state index >= 15 is 0 Å². The first kappa shape index (κ1) is 20.1. The van der Waals surface area contributed by atoms with Crippen molar-refractivity contribution in [1.29, 1.82) is 0 Å². The van der Waals surface area contributed by atoms with Gasteiger partial charge < -0.3 is 9.67 Å². The van der Waals surface area contributed by atoms with Crippen LogP contribution in [0, 0.1) is 0 Å². The van der Waals surface area contributed by atoms with Crippen LogP contribution >= 0.6 is 0 Å². The number of hydrazone groups is 1. The van der Waals surface area contributed by atoms with E-state index in [0.29, 0.717) is 17.4 Å². The minimum absolute atomic E-state index is 0.0712. The maximum absolute atomic E-state index is 12.8. The van der Waals surface area contributed by atoms with E-state index in [1.807, 2.05) is 0 Å². The number of rotatable bonds is 5. The second-order valence-corrected chi connectivity index (χ2v) is 6.25. The van der Waals surface area contributed by atoms with Gasteiger partial charge in [-0.1, -0.05) is 23.9 Å². The standard InChI is InChI=1S/C20H20N4O5/c1-3-23-16-7-5-4-6-15(16)18(25)17(20(23)27)12(2)21-22-19(26)13-8-10-14(11-9-13)24(28)29/h4-11,25,28-29H,3H2,1-2H3,(H,22,26)/p-1. The van der Waals surface area contributed by atoms with Gasteiger partial charge in [-0.3, -0.25) is 20.0 Å². The summed E-state index contributed by atoms with van der Waals surface area (Å²) >= 11 is 0. The Bertz CT molecular complexity index is 1150. The average Bonchev–Trinajstić information content (AvgIpc) is 2.72. The Morgan fingerprint density at radius 3 is 2.45 bits per heavy atom. The lowest BCUT2D eigenvalue weighted by Gasteiger charge is -2.19. The third-order valence-electron chi connectivity index (χ3n) is 4.49. The Morgan fingerprint density at radius 1 is 1.17 bits per heavy atom. The van der Waals surface area contributed by atoms with Crippen molar-refractivity contribution in [3.8, 4) is 5.75 Å². The fourth-order valence-corrected chi connectivity index (χ4v) is 3.01. The molecule has 0 aliphatic heterocycles. The fraction of sp³-hybridized carbons (Fsp3) is 0.150. The van der Waals surface area contributed by atoms with Crippen LogP contribution in [0.15, 0.2) is 58.4 Å². The number of hydrogen-bond acceptors (Lipinski definition) is 7. The van der Waals surface area contributed by atoms with Crippen molar-refractivity contribution in [3.05, 3.63) is 70.0 Å². The van der Waals surface area contributed by atoms with Gasteiger partial charge in [-0.05, 0) is 49.6 Å². The molecule has 150 valence electrons. The smallest absolute Gasteiger partial charge is 0.271 e. The summed E-state index contributed by atoms with van der Waals surface area (Å²) in [4.78, 5) is 25.1. The molecule has 2 aromatic carbocycles. The van der Waals surface area contributed by atoms with E-state index in [1.54, 1.807) is 31.2 Å². The number of aryl methyl sites for hydroxylation is 1. The molecule has 1 heterocycles. The maximum Gasteiger partial charge on any atom is 0.271 e. The van der Waals surface area contributed by atoms with E-state index in [9.17, 15) is 14.7 Å². The minimum atomic E-state index is -0.581. The van der Waals surface area contributed by atoms with Gasteiger partial charge in [-0.2, -0.15) is 5.10 Å². The van der Waals surface area contributed by atoms with Gasteiger partial charge in [-0.25, -0.2) is 5.43 Å². The van der Waals surface area contributed by atoms with Crippen LogP contribution in [0.4, 0.5) is 5.69 Å². The largest absolute Gasteiger partial charge is 0.871 e. The zero-order chi connectivity index (χ0) is 21.1. The zero-order valence-corrected chi connectivity index (χ0v) is 15.8. The summed E-state index contributed by atoms with van der Waals surface area (Å²) < 4.78 is 1.49. The van der Waals surface area contributed by atoms with E-state index in [1.165, 1.54) is 35.8 Å². The molecule has 3 N–H and O–H groups in total. The highest BCUT2D eigenvalue weighted by Gasteiger charge is 2.13. The maximum atomic E-state index is 12.8. The summed E-state index contributed by atoms with van der Waals surface area (Å²) in [5.41, 5.74) is 2.67. The predicted molar refractivity (Wildman–Crippen MR) is 105 cm³/mol. The van der Waals surface area contributed by atoms with Crippen LogP contribution in [0.2, 0.25) is 0 Å². The van der Waals surface area contributed by atoms with Gasteiger partial charge in [-0.15, -0.1) is 5.23 Å². The molecule has 1 amide bonds. The highest BCUT2D eigenvalue weighted by Crippen LogP contribution is 2.24. The van der Waals surface area contributed by atoms with E-state index in [0.717, 1.165) is 0 Å². The molecule has 0 spiro atoms. The van der Waals surface area contributed by atoms with Crippen molar-refractivity contribution >= 4 is 28.2 Å². The second kappa shape index (κ2) is 8.13. The molecule has 1 aromatic heterocycles. The van der Waals surface area contributed by atoms with E-state index in [4.69, 9.17) is 10.4 Å². The lowest BCUT2D eigenvalue weighted by atomic mass is 10.1. The van der Waals surface area contributed by atoms with Crippen LogP contribution < -0.4 is 21.3 Å². The molecule has 0 fully saturated rings. The molecule has 0 bridgehead atoms. The quantitative estimate of drug-likeness (QED) is 0.446. The number of para-hydroxylation sites is 1. The molecule has 0 saturated carbocycles. The van der Waals surface area contributed by atoms with Crippen LogP contribution in [0.3, 0.4) is 0 Å². The summed E-state index contributed by atoms with van der Waals surface area (Å²) in [6.07, 6.45) is 0. The van der Waals surface area contributed by atoms with Crippen LogP contribution in [0.5, 0.6) is 5.75 Å². The molecule has 9 nitrogen and oxygen atoms in total. The molecule has 0 aliphatic carbocycles. The second-order valence-electron chi connectivity index (χ2n) is 6.25. The lowest BCUT2D eigenvalue weighted by molar-refractivity contribution is -0.266. The predicted octanol–water partition coefficient (Wildman–Crippen LogP) is 1.83. The van der Waals surface area contributed by atoms with Crippen LogP contribution in [0.1, 0.15) is 29.8 Å². The van der Waals surface area contributed by atoms with Gasteiger partial charge >= 0.3 is 0 Å². The number of fused-ring (bicyclic) bond motifs is 1. The van der Waals surface area contributed by atoms with Gasteiger partial charge in [0.2, 0.25) is 0 Å². The minimum Gasteiger partial charge on any atom is -0.871 e. The Kier molecular flexibility index (Phi) is 5.62. The number of aromatic nitrogens is 1. The summed E-state index contributed by atoms with van der Waals surface area (Å²) in [6, 6.07) is 12.2. The van der Waals surface area contributed by atoms with Crippen molar-refractivity contribution in [2.24, 2.45) is 5.10 Å². The van der Waals surface area contributed by atoms with Gasteiger partial charge in [0.1, 0.15) is 0 Å². The molecule has 0 atom stereocenters. The average molecular weight is 395 g/mol. The van der Waals surface area contributed by atoms with E-state index in [2.05, 4.69) is 10.5 Å². The molecule has 3 aromatic rings. The first-order valence-corrected chi connectivity index (χ1v) is 8.80. The number of carbonyl (C=O) groups is 1. The van der Waals surface area contributed by atoms with E-state index < -0.39 is 17.2 Å². The third-order valence-corrected chi connectivity index (χ3v) is 4.49. The number of pyridine rings is 1. The molecule has 0 radical (unpaired) electrons. The Hall–Kier alpha value is -3.69.